The van der Waals surface area contributed by atoms with E-state index in [1.807, 2.05) is 7.05 Å². The molecule has 0 spiro atoms. The Morgan fingerprint density at radius 1 is 0.900 bits per heavy atom. The van der Waals surface area contributed by atoms with Crippen LogP contribution in [0.1, 0.15) is 25.7 Å². The first kappa shape index (κ1) is 18.8. The van der Waals surface area contributed by atoms with E-state index in [0.29, 0.717) is 26.3 Å². The highest BCUT2D eigenvalue weighted by molar-refractivity contribution is 5.69. The fourth-order valence-corrected chi connectivity index (χ4v) is 1.53. The molecule has 0 unspecified atom stereocenters. The number of carbonyl (C=O) groups is 2. The molecule has 0 bridgehead atoms. The number of esters is 2. The second-order valence-corrected chi connectivity index (χ2v) is 4.53. The molecule has 0 amide bonds. The van der Waals surface area contributed by atoms with Gasteiger partial charge in [-0.25, -0.2) is 0 Å². The Hall–Kier alpha value is -1.18. The van der Waals surface area contributed by atoms with Gasteiger partial charge in [-0.15, -0.1) is 0 Å². The largest absolute Gasteiger partial charge is 0.466 e. The van der Waals surface area contributed by atoms with E-state index in [4.69, 9.17) is 20.9 Å². The van der Waals surface area contributed by atoms with Crippen molar-refractivity contribution in [2.45, 2.75) is 25.7 Å². The summed E-state index contributed by atoms with van der Waals surface area (Å²) in [5, 5.41) is 0. The average molecular weight is 289 g/mol. The highest BCUT2D eigenvalue weighted by Gasteiger charge is 2.03. The molecule has 0 radical (unpaired) electrons. The first-order valence-corrected chi connectivity index (χ1v) is 7.00. The van der Waals surface area contributed by atoms with Crippen molar-refractivity contribution in [1.29, 1.82) is 0 Å². The second kappa shape index (κ2) is 12.8. The maximum absolute atomic E-state index is 11.0. The van der Waals surface area contributed by atoms with Gasteiger partial charge in [0.15, 0.2) is 0 Å². The van der Waals surface area contributed by atoms with Gasteiger partial charge < -0.3 is 25.8 Å². The van der Waals surface area contributed by atoms with Crippen molar-refractivity contribution in [3.05, 3.63) is 0 Å². The van der Waals surface area contributed by atoms with Crippen LogP contribution in [0, 0.1) is 0 Å². The summed E-state index contributed by atoms with van der Waals surface area (Å²) in [6.45, 7) is 3.12. The summed E-state index contributed by atoms with van der Waals surface area (Å²) in [7, 11) is 1.98. The summed E-state index contributed by atoms with van der Waals surface area (Å²) < 4.78 is 9.98. The number of nitrogens with two attached hydrogens (primary N) is 2. The van der Waals surface area contributed by atoms with Crippen LogP contribution in [0.25, 0.3) is 0 Å². The van der Waals surface area contributed by atoms with Gasteiger partial charge in [0.25, 0.3) is 0 Å². The van der Waals surface area contributed by atoms with Gasteiger partial charge in [-0.3, -0.25) is 9.59 Å². The summed E-state index contributed by atoms with van der Waals surface area (Å²) in [4.78, 5) is 24.2. The molecule has 0 saturated carbocycles. The van der Waals surface area contributed by atoms with Gasteiger partial charge in [-0.05, 0) is 19.9 Å². The van der Waals surface area contributed by atoms with Gasteiger partial charge >= 0.3 is 11.9 Å². The van der Waals surface area contributed by atoms with E-state index < -0.39 is 0 Å². The third-order valence-electron chi connectivity index (χ3n) is 2.59. The molecule has 0 aromatic heterocycles. The topological polar surface area (TPSA) is 108 Å². The molecule has 0 heterocycles. The molecule has 20 heavy (non-hydrogen) atoms. The molecule has 0 rings (SSSR count). The lowest BCUT2D eigenvalue weighted by Crippen LogP contribution is -2.24. The molecule has 0 aromatic rings. The summed E-state index contributed by atoms with van der Waals surface area (Å²) in [6.07, 6.45) is 2.09. The van der Waals surface area contributed by atoms with Crippen LogP contribution in [0.15, 0.2) is 0 Å². The van der Waals surface area contributed by atoms with Gasteiger partial charge in [-0.1, -0.05) is 0 Å². The summed E-state index contributed by atoms with van der Waals surface area (Å²) in [6, 6.07) is 0. The molecule has 0 atom stereocenters. The van der Waals surface area contributed by atoms with Crippen LogP contribution >= 0.6 is 0 Å². The van der Waals surface area contributed by atoms with Crippen molar-refractivity contribution >= 4 is 11.9 Å². The Bertz CT molecular complexity index is 248. The molecule has 0 aliphatic carbocycles. The van der Waals surface area contributed by atoms with Crippen molar-refractivity contribution in [1.82, 2.24) is 4.90 Å². The normalized spacial score (nSPS) is 10.6. The molecule has 7 heteroatoms. The number of rotatable bonds is 12. The zero-order chi connectivity index (χ0) is 15.2. The molecule has 118 valence electrons. The zero-order valence-electron chi connectivity index (χ0n) is 12.3. The highest BCUT2D eigenvalue weighted by atomic mass is 16.5. The second-order valence-electron chi connectivity index (χ2n) is 4.53. The van der Waals surface area contributed by atoms with Crippen LogP contribution in [0.2, 0.25) is 0 Å². The minimum atomic E-state index is -0.248. The third kappa shape index (κ3) is 11.9. The first-order valence-electron chi connectivity index (χ1n) is 7.00. The smallest absolute Gasteiger partial charge is 0.307 e. The van der Waals surface area contributed by atoms with Crippen LogP contribution in [0.3, 0.4) is 0 Å². The molecular weight excluding hydrogens is 262 g/mol. The van der Waals surface area contributed by atoms with Crippen molar-refractivity contribution in [2.75, 3.05) is 46.4 Å². The van der Waals surface area contributed by atoms with Crippen molar-refractivity contribution < 1.29 is 19.1 Å². The van der Waals surface area contributed by atoms with E-state index in [2.05, 4.69) is 4.90 Å². The van der Waals surface area contributed by atoms with E-state index in [9.17, 15) is 9.59 Å². The van der Waals surface area contributed by atoms with Gasteiger partial charge in [0, 0.05) is 26.2 Å². The molecular formula is C13H27N3O4. The number of carbonyl (C=O) groups excluding carboxylic acids is 2. The molecule has 0 saturated heterocycles. The minimum Gasteiger partial charge on any atom is -0.466 e. The van der Waals surface area contributed by atoms with E-state index in [1.165, 1.54) is 0 Å². The number of hydrogen-bond donors (Lipinski definition) is 2. The number of hydrogen-bond acceptors (Lipinski definition) is 7. The Morgan fingerprint density at radius 2 is 1.30 bits per heavy atom. The van der Waals surface area contributed by atoms with Crippen molar-refractivity contribution in [3.8, 4) is 0 Å². The Balaban J connectivity index is 3.39. The van der Waals surface area contributed by atoms with Crippen LogP contribution in [-0.4, -0.2) is 63.3 Å². The number of nitrogens with zero attached hydrogens (tertiary/aromatic N) is 1. The standard InChI is InChI=1S/C13H27N3O4/c1-16(8-2-10-19-12(17)4-6-14)9-3-11-20-13(18)5-7-15/h2-11,14-15H2,1H3. The summed E-state index contributed by atoms with van der Waals surface area (Å²) >= 11 is 0. The zero-order valence-corrected chi connectivity index (χ0v) is 12.3. The van der Waals surface area contributed by atoms with E-state index in [-0.39, 0.29) is 24.8 Å². The van der Waals surface area contributed by atoms with Crippen LogP contribution in [0.4, 0.5) is 0 Å². The molecule has 0 aliphatic rings. The minimum absolute atomic E-state index is 0.248. The van der Waals surface area contributed by atoms with Crippen LogP contribution in [-0.2, 0) is 19.1 Å². The van der Waals surface area contributed by atoms with E-state index in [1.54, 1.807) is 0 Å². The molecule has 4 N–H and O–H groups in total. The van der Waals surface area contributed by atoms with E-state index >= 15 is 0 Å². The summed E-state index contributed by atoms with van der Waals surface area (Å²) in [5.41, 5.74) is 10.5. The Labute approximate surface area is 120 Å². The fourth-order valence-electron chi connectivity index (χ4n) is 1.53. The lowest BCUT2D eigenvalue weighted by atomic mass is 10.3. The van der Waals surface area contributed by atoms with Gasteiger partial charge in [0.1, 0.15) is 0 Å². The van der Waals surface area contributed by atoms with E-state index in [0.717, 1.165) is 25.9 Å². The third-order valence-corrected chi connectivity index (χ3v) is 2.59. The van der Waals surface area contributed by atoms with Gasteiger partial charge in [-0.2, -0.15) is 0 Å². The Kier molecular flexibility index (Phi) is 12.1. The molecule has 7 nitrogen and oxygen atoms in total. The Morgan fingerprint density at radius 3 is 1.65 bits per heavy atom. The maximum atomic E-state index is 11.0. The molecule has 0 aliphatic heterocycles. The predicted octanol–water partition coefficient (Wildman–Crippen LogP) is -0.518. The SMILES string of the molecule is CN(CCCOC(=O)CCN)CCCOC(=O)CCN. The van der Waals surface area contributed by atoms with Gasteiger partial charge in [0.2, 0.25) is 0 Å². The first-order chi connectivity index (χ1) is 9.60. The predicted molar refractivity (Wildman–Crippen MR) is 76.0 cm³/mol. The summed E-state index contributed by atoms with van der Waals surface area (Å²) in [5.74, 6) is -0.496. The fraction of sp³-hybridized carbons (Fsp3) is 0.846. The van der Waals surface area contributed by atoms with Crippen LogP contribution in [0.5, 0.6) is 0 Å². The van der Waals surface area contributed by atoms with Crippen molar-refractivity contribution in [3.63, 3.8) is 0 Å². The number of ether oxygens (including phenoxy) is 2. The van der Waals surface area contributed by atoms with Gasteiger partial charge in [0.05, 0.1) is 26.1 Å². The monoisotopic (exact) mass is 289 g/mol. The quantitative estimate of drug-likeness (QED) is 0.368. The van der Waals surface area contributed by atoms with Crippen LogP contribution < -0.4 is 11.5 Å². The molecule has 0 aromatic carbocycles. The highest BCUT2D eigenvalue weighted by Crippen LogP contribution is 1.94. The molecule has 0 fully saturated rings. The maximum Gasteiger partial charge on any atom is 0.307 e. The lowest BCUT2D eigenvalue weighted by molar-refractivity contribution is -0.144. The lowest BCUT2D eigenvalue weighted by Gasteiger charge is -2.16. The van der Waals surface area contributed by atoms with Crippen molar-refractivity contribution in [2.24, 2.45) is 11.5 Å². The average Bonchev–Trinajstić information content (AvgIpc) is 2.40.